The molecule has 0 atom stereocenters. The van der Waals surface area contributed by atoms with Crippen LogP contribution in [0.5, 0.6) is 5.75 Å². The van der Waals surface area contributed by atoms with E-state index < -0.39 is 0 Å². The van der Waals surface area contributed by atoms with Crippen LogP contribution < -0.4 is 0 Å². The van der Waals surface area contributed by atoms with Crippen LogP contribution in [0.15, 0.2) is 140 Å². The van der Waals surface area contributed by atoms with Gasteiger partial charge in [-0.2, -0.15) is 0 Å². The molecule has 7 aromatic carbocycles. The summed E-state index contributed by atoms with van der Waals surface area (Å²) in [7, 11) is 0. The summed E-state index contributed by atoms with van der Waals surface area (Å²) in [5, 5.41) is 18.3. The topological polar surface area (TPSA) is 20.2 Å². The Bertz CT molecular complexity index is 1880. The number of aromatic hydroxyl groups is 1. The normalized spacial score (nSPS) is 10.5. The predicted molar refractivity (Wildman–Crippen MR) is 188 cm³/mol. The van der Waals surface area contributed by atoms with Gasteiger partial charge in [-0.05, 0) is 71.6 Å². The monoisotopic (exact) mass is 644 g/mol. The van der Waals surface area contributed by atoms with Crippen molar-refractivity contribution in [3.8, 4) is 39.1 Å². The largest absolute Gasteiger partial charge is 0.507 e. The maximum atomic E-state index is 11.3. The lowest BCUT2D eigenvalue weighted by Crippen LogP contribution is -1.91. The molecule has 0 radical (unpaired) electrons. The fourth-order valence-electron chi connectivity index (χ4n) is 5.72. The van der Waals surface area contributed by atoms with Crippen molar-refractivity contribution in [1.29, 1.82) is 0 Å². The second-order valence-corrected chi connectivity index (χ2v) is 9.47. The quantitative estimate of drug-likeness (QED) is 0.115. The summed E-state index contributed by atoms with van der Waals surface area (Å²) < 4.78 is 0. The Morgan fingerprint density at radius 2 is 0.902 bits per heavy atom. The van der Waals surface area contributed by atoms with Crippen LogP contribution in [-0.2, 0) is 0 Å². The van der Waals surface area contributed by atoms with Gasteiger partial charge in [0.2, 0.25) is 0 Å². The molecule has 1 N–H and O–H groups in total. The van der Waals surface area contributed by atoms with Gasteiger partial charge in [-0.1, -0.05) is 164 Å². The van der Waals surface area contributed by atoms with E-state index in [9.17, 15) is 5.11 Å². The maximum Gasteiger partial charge on any atom is 0.123 e. The zero-order chi connectivity index (χ0) is 28.8. The Hall–Kier alpha value is -4.15. The number of phenolic OH excluding ortho intramolecular Hbond substituents is 1. The third-order valence-electron chi connectivity index (χ3n) is 7.36. The van der Waals surface area contributed by atoms with Gasteiger partial charge in [-0.15, -0.1) is 0 Å². The second-order valence-electron chi connectivity index (χ2n) is 9.47. The van der Waals surface area contributed by atoms with Crippen molar-refractivity contribution in [2.45, 2.75) is 13.8 Å². The van der Waals surface area contributed by atoms with E-state index >= 15 is 0 Å². The predicted octanol–water partition coefficient (Wildman–Crippen LogP) is 11.9. The second kappa shape index (κ2) is 13.0. The molecule has 0 aliphatic heterocycles. The Kier molecular flexibility index (Phi) is 9.01. The van der Waals surface area contributed by atoms with Crippen molar-refractivity contribution in [3.63, 3.8) is 0 Å². The summed E-state index contributed by atoms with van der Waals surface area (Å²) in [5.74, 6) is 0.284. The molecule has 202 valence electrons. The number of halogens is 1. The van der Waals surface area contributed by atoms with E-state index in [1.165, 1.54) is 32.7 Å². The average Bonchev–Trinajstić information content (AvgIpc) is 3.06. The van der Waals surface area contributed by atoms with Crippen molar-refractivity contribution in [3.05, 3.63) is 140 Å². The number of benzene rings is 7. The highest BCUT2D eigenvalue weighted by Gasteiger charge is 2.19. The molecule has 0 aliphatic rings. The molecular weight excluding hydrogens is 611 g/mol. The van der Waals surface area contributed by atoms with Crippen LogP contribution in [0.3, 0.4) is 0 Å². The third-order valence-corrected chi connectivity index (χ3v) is 7.36. The number of hydrogen-bond acceptors (Lipinski definition) is 1. The van der Waals surface area contributed by atoms with Crippen molar-refractivity contribution in [2.75, 3.05) is 4.93 Å². The molecule has 0 spiro atoms. The van der Waals surface area contributed by atoms with Gasteiger partial charge in [0.25, 0.3) is 0 Å². The smallest absolute Gasteiger partial charge is 0.123 e. The summed E-state index contributed by atoms with van der Waals surface area (Å²) in [6.45, 7) is 4.00. The minimum Gasteiger partial charge on any atom is -0.507 e. The Balaban J connectivity index is 0.000000810. The van der Waals surface area contributed by atoms with Gasteiger partial charge >= 0.3 is 0 Å². The SMILES string of the molecule is CC.CI.Oc1ccc(-c2cccc3ccccc23)cc1-c1c2ccccc2c(-c2ccccc2)c2ccccc12. The minimum atomic E-state index is 0.284. The molecule has 0 fully saturated rings. The van der Waals surface area contributed by atoms with E-state index in [0.29, 0.717) is 0 Å². The van der Waals surface area contributed by atoms with Gasteiger partial charge in [-0.3, -0.25) is 0 Å². The summed E-state index contributed by atoms with van der Waals surface area (Å²) in [5.41, 5.74) is 6.57. The third kappa shape index (κ3) is 5.32. The highest BCUT2D eigenvalue weighted by Crippen LogP contribution is 2.46. The molecule has 7 aromatic rings. The fourth-order valence-corrected chi connectivity index (χ4v) is 5.72. The standard InChI is InChI=1S/C36H24O.C2H6.CH3I/c37-34-22-21-26(28-20-10-14-24-11-4-5-15-27(24)28)23-33(34)36-31-18-8-6-16-29(31)35(25-12-2-1-3-13-25)30-17-7-9-19-32(30)36;2*1-2/h1-23,37H;1-2H3;1H3. The number of rotatable bonds is 3. The van der Waals surface area contributed by atoms with Crippen molar-refractivity contribution in [1.82, 2.24) is 0 Å². The average molecular weight is 645 g/mol. The van der Waals surface area contributed by atoms with Gasteiger partial charge in [0, 0.05) is 11.1 Å². The van der Waals surface area contributed by atoms with Gasteiger partial charge in [0.15, 0.2) is 0 Å². The van der Waals surface area contributed by atoms with E-state index in [4.69, 9.17) is 0 Å². The lowest BCUT2D eigenvalue weighted by Gasteiger charge is -2.19. The molecule has 41 heavy (non-hydrogen) atoms. The molecule has 0 aliphatic carbocycles. The Labute approximate surface area is 256 Å². The zero-order valence-electron chi connectivity index (χ0n) is 23.6. The molecular formula is C39H33IO. The van der Waals surface area contributed by atoms with Crippen LogP contribution in [0.4, 0.5) is 0 Å². The summed E-state index contributed by atoms with van der Waals surface area (Å²) in [4.78, 5) is 1.97. The van der Waals surface area contributed by atoms with Crippen molar-refractivity contribution < 1.29 is 5.11 Å². The molecule has 0 bridgehead atoms. The van der Waals surface area contributed by atoms with E-state index in [0.717, 1.165) is 33.0 Å². The highest BCUT2D eigenvalue weighted by atomic mass is 127. The van der Waals surface area contributed by atoms with Gasteiger partial charge in [0.05, 0.1) is 0 Å². The van der Waals surface area contributed by atoms with Crippen LogP contribution >= 0.6 is 22.6 Å². The van der Waals surface area contributed by atoms with Gasteiger partial charge < -0.3 is 5.11 Å². The lowest BCUT2D eigenvalue weighted by molar-refractivity contribution is 0.477. The first kappa shape index (κ1) is 28.4. The number of hydrogen-bond donors (Lipinski definition) is 1. The maximum absolute atomic E-state index is 11.3. The zero-order valence-corrected chi connectivity index (χ0v) is 25.8. The Morgan fingerprint density at radius 1 is 0.415 bits per heavy atom. The lowest BCUT2D eigenvalue weighted by atomic mass is 9.85. The van der Waals surface area contributed by atoms with E-state index in [1.54, 1.807) is 0 Å². The van der Waals surface area contributed by atoms with Gasteiger partial charge in [-0.25, -0.2) is 0 Å². The van der Waals surface area contributed by atoms with E-state index in [-0.39, 0.29) is 5.75 Å². The molecule has 1 nitrogen and oxygen atoms in total. The molecule has 2 heteroatoms. The fraction of sp³-hybridized carbons (Fsp3) is 0.0769. The molecule has 0 aromatic heterocycles. The first-order valence-electron chi connectivity index (χ1n) is 14.0. The molecule has 0 saturated heterocycles. The van der Waals surface area contributed by atoms with Crippen molar-refractivity contribution in [2.24, 2.45) is 0 Å². The van der Waals surface area contributed by atoms with Crippen LogP contribution in [0.1, 0.15) is 13.8 Å². The molecule has 0 saturated carbocycles. The minimum absolute atomic E-state index is 0.284. The van der Waals surface area contributed by atoms with Gasteiger partial charge in [0.1, 0.15) is 5.75 Å². The number of fused-ring (bicyclic) bond motifs is 3. The molecule has 0 unspecified atom stereocenters. The van der Waals surface area contributed by atoms with Crippen molar-refractivity contribution >= 4 is 54.9 Å². The first-order chi connectivity index (χ1) is 20.3. The summed E-state index contributed by atoms with van der Waals surface area (Å²) in [6.07, 6.45) is 0. The summed E-state index contributed by atoms with van der Waals surface area (Å²) in [6, 6.07) is 48.5. The molecule has 7 rings (SSSR count). The highest BCUT2D eigenvalue weighted by molar-refractivity contribution is 14.1. The van der Waals surface area contributed by atoms with Crippen LogP contribution in [-0.4, -0.2) is 10.0 Å². The first-order valence-corrected chi connectivity index (χ1v) is 16.1. The van der Waals surface area contributed by atoms with Crippen LogP contribution in [0.25, 0.3) is 65.7 Å². The van der Waals surface area contributed by atoms with E-state index in [1.807, 2.05) is 30.9 Å². The van der Waals surface area contributed by atoms with Crippen LogP contribution in [0, 0.1) is 0 Å². The number of phenols is 1. The Morgan fingerprint density at radius 3 is 1.51 bits per heavy atom. The molecule has 0 amide bonds. The molecule has 0 heterocycles. The van der Waals surface area contributed by atoms with Crippen LogP contribution in [0.2, 0.25) is 0 Å². The summed E-state index contributed by atoms with van der Waals surface area (Å²) >= 11 is 2.15. The van der Waals surface area contributed by atoms with E-state index in [2.05, 4.69) is 150 Å². The number of alkyl halides is 1.